The molecule has 1 rings (SSSR count). The number of carboxylic acids is 1. The first kappa shape index (κ1) is 12.0. The molecule has 1 unspecified atom stereocenters. The van der Waals surface area contributed by atoms with Gasteiger partial charge < -0.3 is 5.11 Å². The lowest BCUT2D eigenvalue weighted by Gasteiger charge is -2.07. The zero-order valence-electron chi connectivity index (χ0n) is 8.44. The van der Waals surface area contributed by atoms with E-state index in [0.29, 0.717) is 0 Å². The number of Topliss-reactive ketones (excluding diaryl/α,β-unsaturated/α-hetero) is 2. The van der Waals surface area contributed by atoms with Crippen molar-refractivity contribution >= 4 is 17.5 Å². The maximum atomic E-state index is 12.6. The Hall–Kier alpha value is -2.04. The monoisotopic (exact) mass is 224 g/mol. The highest BCUT2D eigenvalue weighted by Gasteiger charge is 2.31. The molecule has 1 aromatic rings. The first-order chi connectivity index (χ1) is 7.43. The molecule has 84 valence electrons. The van der Waals surface area contributed by atoms with Crippen LogP contribution < -0.4 is 0 Å². The molecular weight excluding hydrogens is 215 g/mol. The normalized spacial score (nSPS) is 11.9. The van der Waals surface area contributed by atoms with Gasteiger partial charge in [0.15, 0.2) is 17.5 Å². The zero-order chi connectivity index (χ0) is 12.3. The number of aliphatic carboxylic acids is 1. The Morgan fingerprint density at radius 3 is 2.06 bits per heavy atom. The third-order valence-corrected chi connectivity index (χ3v) is 2.04. The van der Waals surface area contributed by atoms with E-state index in [2.05, 4.69) is 0 Å². The molecule has 0 aliphatic carbocycles. The number of benzene rings is 1. The summed E-state index contributed by atoms with van der Waals surface area (Å²) in [6.07, 6.45) is 0. The molecule has 0 aliphatic heterocycles. The first-order valence-corrected chi connectivity index (χ1v) is 4.46. The van der Waals surface area contributed by atoms with Crippen LogP contribution in [0.3, 0.4) is 0 Å². The smallest absolute Gasteiger partial charge is 0.322 e. The van der Waals surface area contributed by atoms with Gasteiger partial charge >= 0.3 is 5.97 Å². The summed E-state index contributed by atoms with van der Waals surface area (Å²) in [6.45, 7) is 1.03. The van der Waals surface area contributed by atoms with Crippen LogP contribution in [-0.2, 0) is 9.59 Å². The Labute approximate surface area is 90.7 Å². The highest BCUT2D eigenvalue weighted by atomic mass is 19.1. The molecule has 4 nitrogen and oxygen atoms in total. The van der Waals surface area contributed by atoms with E-state index in [0.717, 1.165) is 31.2 Å². The van der Waals surface area contributed by atoms with E-state index >= 15 is 0 Å². The molecule has 5 heteroatoms. The van der Waals surface area contributed by atoms with Gasteiger partial charge in [0.25, 0.3) is 0 Å². The van der Waals surface area contributed by atoms with E-state index in [9.17, 15) is 18.8 Å². The van der Waals surface area contributed by atoms with Crippen molar-refractivity contribution in [2.75, 3.05) is 0 Å². The Kier molecular flexibility index (Phi) is 3.50. The standard InChI is InChI=1S/C11H9FO4/c1-6(13)9(11(15)16)10(14)7-2-4-8(12)5-3-7/h2-5,9H,1H3,(H,15,16). The largest absolute Gasteiger partial charge is 0.480 e. The maximum absolute atomic E-state index is 12.6. The molecule has 1 atom stereocenters. The summed E-state index contributed by atoms with van der Waals surface area (Å²) in [5.41, 5.74) is 0.00370. The van der Waals surface area contributed by atoms with E-state index in [-0.39, 0.29) is 5.56 Å². The van der Waals surface area contributed by atoms with Crippen LogP contribution in [0.2, 0.25) is 0 Å². The lowest BCUT2D eigenvalue weighted by molar-refractivity contribution is -0.143. The van der Waals surface area contributed by atoms with Gasteiger partial charge in [0, 0.05) is 5.56 Å². The van der Waals surface area contributed by atoms with Crippen molar-refractivity contribution in [1.29, 1.82) is 0 Å². The maximum Gasteiger partial charge on any atom is 0.322 e. The quantitative estimate of drug-likeness (QED) is 0.618. The third-order valence-electron chi connectivity index (χ3n) is 2.04. The van der Waals surface area contributed by atoms with Gasteiger partial charge in [0.2, 0.25) is 0 Å². The summed E-state index contributed by atoms with van der Waals surface area (Å²) in [5, 5.41) is 8.71. The minimum Gasteiger partial charge on any atom is -0.480 e. The highest BCUT2D eigenvalue weighted by Crippen LogP contribution is 2.11. The summed E-state index contributed by atoms with van der Waals surface area (Å²) in [4.78, 5) is 33.3. The predicted octanol–water partition coefficient (Wildman–Crippen LogP) is 1.30. The number of carbonyl (C=O) groups excluding carboxylic acids is 2. The van der Waals surface area contributed by atoms with Gasteiger partial charge in [-0.15, -0.1) is 0 Å². The van der Waals surface area contributed by atoms with Gasteiger partial charge in [-0.05, 0) is 31.2 Å². The van der Waals surface area contributed by atoms with Crippen LogP contribution in [0.5, 0.6) is 0 Å². The van der Waals surface area contributed by atoms with Crippen molar-refractivity contribution in [3.63, 3.8) is 0 Å². The SMILES string of the molecule is CC(=O)C(C(=O)O)C(=O)c1ccc(F)cc1. The minimum atomic E-state index is -1.72. The van der Waals surface area contributed by atoms with Crippen LogP contribution in [-0.4, -0.2) is 22.6 Å². The Morgan fingerprint density at radius 2 is 1.69 bits per heavy atom. The van der Waals surface area contributed by atoms with Crippen molar-refractivity contribution < 1.29 is 23.9 Å². The highest BCUT2D eigenvalue weighted by molar-refractivity contribution is 6.21. The average molecular weight is 224 g/mol. The number of ketones is 2. The molecule has 0 aliphatic rings. The van der Waals surface area contributed by atoms with E-state index in [1.54, 1.807) is 0 Å². The van der Waals surface area contributed by atoms with E-state index in [1.165, 1.54) is 0 Å². The van der Waals surface area contributed by atoms with Crippen LogP contribution in [0.4, 0.5) is 4.39 Å². The molecule has 0 fully saturated rings. The fraction of sp³-hybridized carbons (Fsp3) is 0.182. The summed E-state index contributed by atoms with van der Waals surface area (Å²) < 4.78 is 12.6. The molecule has 0 heterocycles. The Balaban J connectivity index is 3.04. The zero-order valence-corrected chi connectivity index (χ0v) is 8.44. The summed E-state index contributed by atoms with van der Waals surface area (Å²) >= 11 is 0. The molecule has 0 amide bonds. The van der Waals surface area contributed by atoms with Crippen molar-refractivity contribution in [3.8, 4) is 0 Å². The number of carbonyl (C=O) groups is 3. The average Bonchev–Trinajstić information content (AvgIpc) is 2.17. The topological polar surface area (TPSA) is 71.4 Å². The summed E-state index contributed by atoms with van der Waals surface area (Å²) in [6, 6.07) is 4.37. The van der Waals surface area contributed by atoms with Gasteiger partial charge in [-0.25, -0.2) is 4.39 Å². The molecule has 1 N–H and O–H groups in total. The summed E-state index contributed by atoms with van der Waals surface area (Å²) in [5.74, 6) is -5.33. The Bertz CT molecular complexity index is 422. The second kappa shape index (κ2) is 4.65. The first-order valence-electron chi connectivity index (χ1n) is 4.46. The number of rotatable bonds is 4. The van der Waals surface area contributed by atoms with Gasteiger partial charge in [-0.3, -0.25) is 14.4 Å². The van der Waals surface area contributed by atoms with E-state index in [4.69, 9.17) is 5.11 Å². The molecule has 0 saturated carbocycles. The predicted molar refractivity (Wildman–Crippen MR) is 52.5 cm³/mol. The fourth-order valence-electron chi connectivity index (χ4n) is 1.25. The van der Waals surface area contributed by atoms with Crippen molar-refractivity contribution in [2.24, 2.45) is 5.92 Å². The molecule has 16 heavy (non-hydrogen) atoms. The molecule has 0 aromatic heterocycles. The minimum absolute atomic E-state index is 0.00370. The molecule has 0 bridgehead atoms. The second-order valence-electron chi connectivity index (χ2n) is 3.25. The van der Waals surface area contributed by atoms with Crippen molar-refractivity contribution in [3.05, 3.63) is 35.6 Å². The van der Waals surface area contributed by atoms with Gasteiger partial charge in [-0.2, -0.15) is 0 Å². The van der Waals surface area contributed by atoms with Crippen molar-refractivity contribution in [2.45, 2.75) is 6.92 Å². The van der Waals surface area contributed by atoms with Gasteiger partial charge in [-0.1, -0.05) is 0 Å². The molecule has 0 saturated heterocycles. The number of hydrogen-bond acceptors (Lipinski definition) is 3. The second-order valence-corrected chi connectivity index (χ2v) is 3.25. The number of carboxylic acid groups (broad SMARTS) is 1. The molecule has 0 spiro atoms. The Morgan fingerprint density at radius 1 is 1.19 bits per heavy atom. The van der Waals surface area contributed by atoms with Crippen LogP contribution in [0.25, 0.3) is 0 Å². The molecule has 0 radical (unpaired) electrons. The van der Waals surface area contributed by atoms with Gasteiger partial charge in [0.1, 0.15) is 5.82 Å². The van der Waals surface area contributed by atoms with E-state index < -0.39 is 29.3 Å². The third kappa shape index (κ3) is 2.50. The lowest BCUT2D eigenvalue weighted by atomic mass is 9.94. The fourth-order valence-corrected chi connectivity index (χ4v) is 1.25. The van der Waals surface area contributed by atoms with Crippen LogP contribution >= 0.6 is 0 Å². The number of hydrogen-bond donors (Lipinski definition) is 1. The summed E-state index contributed by atoms with van der Waals surface area (Å²) in [7, 11) is 0. The number of halogens is 1. The van der Waals surface area contributed by atoms with E-state index in [1.807, 2.05) is 0 Å². The lowest BCUT2D eigenvalue weighted by Crippen LogP contribution is -2.30. The van der Waals surface area contributed by atoms with Crippen LogP contribution in [0.1, 0.15) is 17.3 Å². The van der Waals surface area contributed by atoms with Crippen LogP contribution in [0, 0.1) is 11.7 Å². The van der Waals surface area contributed by atoms with Crippen molar-refractivity contribution in [1.82, 2.24) is 0 Å². The van der Waals surface area contributed by atoms with Gasteiger partial charge in [0.05, 0.1) is 0 Å². The molecule has 1 aromatic carbocycles. The van der Waals surface area contributed by atoms with Crippen LogP contribution in [0.15, 0.2) is 24.3 Å². The molecular formula is C11H9FO4.